The molecule has 1 aromatic heterocycles. The van der Waals surface area contributed by atoms with Crippen LogP contribution < -0.4 is 11.1 Å². The van der Waals surface area contributed by atoms with Crippen LogP contribution in [0.3, 0.4) is 0 Å². The molecule has 3 N–H and O–H groups in total. The number of carbonyl (C=O) groups excluding carboxylic acids is 1. The number of nitrogens with two attached hydrogens (primary N) is 1. The number of hydrogen-bond acceptors (Lipinski definition) is 3. The fourth-order valence-electron chi connectivity index (χ4n) is 1.44. The van der Waals surface area contributed by atoms with E-state index in [-0.39, 0.29) is 0 Å². The Bertz CT molecular complexity index is 460. The van der Waals surface area contributed by atoms with Gasteiger partial charge in [-0.05, 0) is 31.9 Å². The van der Waals surface area contributed by atoms with Crippen LogP contribution in [-0.4, -0.2) is 23.1 Å². The Kier molecular flexibility index (Phi) is 4.88. The first kappa shape index (κ1) is 15.4. The zero-order valence-electron chi connectivity index (χ0n) is 10.7. The summed E-state index contributed by atoms with van der Waals surface area (Å²) in [5.74, 6) is -0.639. The first-order valence-electron chi connectivity index (χ1n) is 5.75. The molecule has 1 atom stereocenters. The van der Waals surface area contributed by atoms with Gasteiger partial charge in [0.2, 0.25) is 5.91 Å². The average molecular weight is 275 g/mol. The van der Waals surface area contributed by atoms with E-state index in [9.17, 15) is 18.0 Å². The second-order valence-corrected chi connectivity index (χ2v) is 4.40. The van der Waals surface area contributed by atoms with E-state index in [0.29, 0.717) is 11.4 Å². The number of rotatable bonds is 4. The molecule has 0 aliphatic heterocycles. The third-order valence-electron chi connectivity index (χ3n) is 2.56. The van der Waals surface area contributed by atoms with Gasteiger partial charge in [0, 0.05) is 12.6 Å². The summed E-state index contributed by atoms with van der Waals surface area (Å²) in [6, 6.07) is 0.498. The molecular formula is C12H16F3N3O. The molecule has 1 heterocycles. The van der Waals surface area contributed by atoms with Crippen LogP contribution in [0, 0.1) is 13.8 Å². The van der Waals surface area contributed by atoms with Gasteiger partial charge in [-0.1, -0.05) is 0 Å². The predicted octanol–water partition coefficient (Wildman–Crippen LogP) is 2.31. The summed E-state index contributed by atoms with van der Waals surface area (Å²) in [6.45, 7) is 3.49. The average Bonchev–Trinajstić information content (AvgIpc) is 2.29. The van der Waals surface area contributed by atoms with Crippen LogP contribution >= 0.6 is 0 Å². The maximum atomic E-state index is 12.0. The third kappa shape index (κ3) is 5.25. The fraction of sp³-hybridized carbons (Fsp3) is 0.500. The van der Waals surface area contributed by atoms with Crippen LogP contribution in [0.2, 0.25) is 0 Å². The maximum Gasteiger partial charge on any atom is 0.389 e. The molecule has 0 saturated carbocycles. The van der Waals surface area contributed by atoms with E-state index in [1.54, 1.807) is 26.1 Å². The number of aryl methyl sites for hydroxylation is 2. The number of hydrogen-bond donors (Lipinski definition) is 2. The van der Waals surface area contributed by atoms with E-state index in [0.717, 1.165) is 5.56 Å². The first-order valence-corrected chi connectivity index (χ1v) is 5.75. The summed E-state index contributed by atoms with van der Waals surface area (Å²) in [6.07, 6.45) is -4.19. The molecule has 1 rings (SSSR count). The number of nitrogens with one attached hydrogen (secondary N) is 1. The van der Waals surface area contributed by atoms with Gasteiger partial charge in [0.05, 0.1) is 17.4 Å². The normalized spacial score (nSPS) is 13.2. The summed E-state index contributed by atoms with van der Waals surface area (Å²) in [4.78, 5) is 15.7. The van der Waals surface area contributed by atoms with Crippen molar-refractivity contribution in [1.29, 1.82) is 0 Å². The summed E-state index contributed by atoms with van der Waals surface area (Å²) in [5.41, 5.74) is 7.32. The molecule has 0 aliphatic rings. The number of pyridine rings is 1. The zero-order valence-corrected chi connectivity index (χ0v) is 10.7. The second kappa shape index (κ2) is 6.01. The number of aromatic nitrogens is 1. The van der Waals surface area contributed by atoms with Crippen LogP contribution in [0.25, 0.3) is 0 Å². The Hall–Kier alpha value is -1.63. The Labute approximate surface area is 109 Å². The minimum Gasteiger partial charge on any atom is -0.323 e. The van der Waals surface area contributed by atoms with E-state index < -0.39 is 31.0 Å². The van der Waals surface area contributed by atoms with Gasteiger partial charge in [-0.15, -0.1) is 0 Å². The molecule has 0 fully saturated rings. The maximum absolute atomic E-state index is 12.0. The molecule has 19 heavy (non-hydrogen) atoms. The molecule has 0 aromatic carbocycles. The summed E-state index contributed by atoms with van der Waals surface area (Å²) in [5, 5.41) is 2.49. The standard InChI is InChI=1S/C12H16F3N3O/c1-7-5-10(8(2)17-6-7)18-11(19)9(16)3-4-12(13,14)15/h5-6,9H,3-4,16H2,1-2H3,(H,18,19). The van der Waals surface area contributed by atoms with Crippen molar-refractivity contribution in [3.05, 3.63) is 23.5 Å². The highest BCUT2D eigenvalue weighted by atomic mass is 19.4. The van der Waals surface area contributed by atoms with Crippen LogP contribution in [0.5, 0.6) is 0 Å². The molecule has 0 saturated heterocycles. The van der Waals surface area contributed by atoms with Crippen molar-refractivity contribution in [2.45, 2.75) is 38.9 Å². The minimum absolute atomic E-state index is 0.437. The molecule has 106 valence electrons. The molecule has 0 spiro atoms. The van der Waals surface area contributed by atoms with Gasteiger partial charge in [0.15, 0.2) is 0 Å². The second-order valence-electron chi connectivity index (χ2n) is 4.40. The SMILES string of the molecule is Cc1cnc(C)c(NC(=O)C(N)CCC(F)(F)F)c1. The lowest BCUT2D eigenvalue weighted by Crippen LogP contribution is -2.36. The number of nitrogens with zero attached hydrogens (tertiary/aromatic N) is 1. The topological polar surface area (TPSA) is 68.0 Å². The van der Waals surface area contributed by atoms with E-state index in [1.807, 2.05) is 0 Å². The van der Waals surface area contributed by atoms with Crippen molar-refractivity contribution in [1.82, 2.24) is 4.98 Å². The molecule has 1 unspecified atom stereocenters. The molecule has 1 amide bonds. The van der Waals surface area contributed by atoms with Crippen molar-refractivity contribution < 1.29 is 18.0 Å². The highest BCUT2D eigenvalue weighted by Crippen LogP contribution is 2.22. The van der Waals surface area contributed by atoms with Crippen molar-refractivity contribution in [2.75, 3.05) is 5.32 Å². The third-order valence-corrected chi connectivity index (χ3v) is 2.56. The minimum atomic E-state index is -4.31. The summed E-state index contributed by atoms with van der Waals surface area (Å²) in [7, 11) is 0. The van der Waals surface area contributed by atoms with E-state index >= 15 is 0 Å². The van der Waals surface area contributed by atoms with Gasteiger partial charge in [-0.2, -0.15) is 13.2 Å². The Balaban J connectivity index is 2.61. The Morgan fingerprint density at radius 1 is 1.47 bits per heavy atom. The molecule has 7 heteroatoms. The number of amides is 1. The van der Waals surface area contributed by atoms with E-state index in [2.05, 4.69) is 10.3 Å². The monoisotopic (exact) mass is 275 g/mol. The smallest absolute Gasteiger partial charge is 0.323 e. The van der Waals surface area contributed by atoms with E-state index in [4.69, 9.17) is 5.73 Å². The van der Waals surface area contributed by atoms with Crippen LogP contribution in [0.15, 0.2) is 12.3 Å². The summed E-state index contributed by atoms with van der Waals surface area (Å²) < 4.78 is 36.1. The van der Waals surface area contributed by atoms with Crippen molar-refractivity contribution >= 4 is 11.6 Å². The molecule has 0 radical (unpaired) electrons. The van der Waals surface area contributed by atoms with Crippen LogP contribution in [0.4, 0.5) is 18.9 Å². The Morgan fingerprint density at radius 3 is 2.68 bits per heavy atom. The number of alkyl halides is 3. The lowest BCUT2D eigenvalue weighted by Gasteiger charge is -2.14. The molecule has 4 nitrogen and oxygen atoms in total. The van der Waals surface area contributed by atoms with Crippen LogP contribution in [0.1, 0.15) is 24.1 Å². The van der Waals surface area contributed by atoms with Gasteiger partial charge in [-0.3, -0.25) is 9.78 Å². The lowest BCUT2D eigenvalue weighted by atomic mass is 10.1. The number of halogens is 3. The number of anilines is 1. The van der Waals surface area contributed by atoms with Gasteiger partial charge in [-0.25, -0.2) is 0 Å². The van der Waals surface area contributed by atoms with Crippen molar-refractivity contribution in [2.24, 2.45) is 5.73 Å². The highest BCUT2D eigenvalue weighted by Gasteiger charge is 2.29. The van der Waals surface area contributed by atoms with Crippen molar-refractivity contribution in [3.63, 3.8) is 0 Å². The van der Waals surface area contributed by atoms with Gasteiger partial charge >= 0.3 is 6.18 Å². The zero-order chi connectivity index (χ0) is 14.6. The Morgan fingerprint density at radius 2 is 2.11 bits per heavy atom. The van der Waals surface area contributed by atoms with Crippen molar-refractivity contribution in [3.8, 4) is 0 Å². The van der Waals surface area contributed by atoms with E-state index in [1.165, 1.54) is 0 Å². The molecule has 0 bridgehead atoms. The quantitative estimate of drug-likeness (QED) is 0.886. The fourth-order valence-corrected chi connectivity index (χ4v) is 1.44. The molecule has 0 aliphatic carbocycles. The van der Waals surface area contributed by atoms with Gasteiger partial charge in [0.25, 0.3) is 0 Å². The summed E-state index contributed by atoms with van der Waals surface area (Å²) >= 11 is 0. The molecule has 1 aromatic rings. The number of carbonyl (C=O) groups is 1. The molecular weight excluding hydrogens is 259 g/mol. The lowest BCUT2D eigenvalue weighted by molar-refractivity contribution is -0.137. The first-order chi connectivity index (χ1) is 8.69. The van der Waals surface area contributed by atoms with Crippen LogP contribution in [-0.2, 0) is 4.79 Å². The predicted molar refractivity (Wildman–Crippen MR) is 65.6 cm³/mol. The van der Waals surface area contributed by atoms with Gasteiger partial charge < -0.3 is 11.1 Å². The highest BCUT2D eigenvalue weighted by molar-refractivity contribution is 5.95. The van der Waals surface area contributed by atoms with Gasteiger partial charge in [0.1, 0.15) is 0 Å². The largest absolute Gasteiger partial charge is 0.389 e.